The fraction of sp³-hybridized carbons (Fsp3) is 0.375. The van der Waals surface area contributed by atoms with Crippen molar-refractivity contribution in [1.82, 2.24) is 10.3 Å². The van der Waals surface area contributed by atoms with Gasteiger partial charge in [-0.1, -0.05) is 24.3 Å². The van der Waals surface area contributed by atoms with E-state index in [9.17, 15) is 4.79 Å². The van der Waals surface area contributed by atoms with E-state index in [1.165, 1.54) is 11.3 Å². The third-order valence-electron chi connectivity index (χ3n) is 4.76. The van der Waals surface area contributed by atoms with Crippen LogP contribution in [0, 0.1) is 0 Å². The van der Waals surface area contributed by atoms with Crippen LogP contribution in [0.15, 0.2) is 53.2 Å². The van der Waals surface area contributed by atoms with Crippen molar-refractivity contribution in [2.75, 3.05) is 57.2 Å². The van der Waals surface area contributed by atoms with Crippen LogP contribution in [-0.2, 0) is 4.74 Å². The van der Waals surface area contributed by atoms with Crippen molar-refractivity contribution in [3.63, 3.8) is 0 Å². The Morgan fingerprint density at radius 1 is 1.28 bits per heavy atom. The lowest BCUT2D eigenvalue weighted by molar-refractivity contribution is 0.112. The molecule has 0 radical (unpaired) electrons. The molecule has 8 heteroatoms. The molecule has 32 heavy (non-hydrogen) atoms. The summed E-state index contributed by atoms with van der Waals surface area (Å²) in [6.45, 7) is 10.8. The van der Waals surface area contributed by atoms with Crippen LogP contribution in [0.3, 0.4) is 0 Å². The number of aldehydes is 1. The molecule has 1 fully saturated rings. The van der Waals surface area contributed by atoms with E-state index in [1.807, 2.05) is 52.2 Å². The number of allylic oxidation sites excluding steroid dienone is 5. The minimum Gasteiger partial charge on any atom is -0.378 e. The summed E-state index contributed by atoms with van der Waals surface area (Å²) in [5.41, 5.74) is 3.30. The molecule has 0 aliphatic carbocycles. The summed E-state index contributed by atoms with van der Waals surface area (Å²) in [4.78, 5) is 25.4. The fourth-order valence-corrected chi connectivity index (χ4v) is 3.79. The van der Waals surface area contributed by atoms with E-state index < -0.39 is 0 Å². The molecule has 7 nitrogen and oxygen atoms in total. The Morgan fingerprint density at radius 3 is 2.59 bits per heavy atom. The van der Waals surface area contributed by atoms with E-state index in [0.717, 1.165) is 70.5 Å². The molecule has 0 bridgehead atoms. The average Bonchev–Trinajstić information content (AvgIpc) is 3.24. The monoisotopic (exact) mass is 455 g/mol. The number of aromatic nitrogens is 1. The van der Waals surface area contributed by atoms with Gasteiger partial charge in [0.15, 0.2) is 6.29 Å². The third-order valence-corrected chi connectivity index (χ3v) is 5.72. The van der Waals surface area contributed by atoms with E-state index in [2.05, 4.69) is 32.8 Å². The standard InChI is InChI=1S/C14H17N3O2S.C10H16N2/c1-16(2)12-8-13(17-3-5-19-6-4-17)15-14-11(12)7-10(9-18)20-14;1-5-9(2)6-7-10(3)12-8-11-4/h7-9H,3-6H2,1-2H3;5-8H,1H2,2-4H3,(H,11,12)/b;9-6-,10-7+. The third kappa shape index (κ3) is 7.32. The number of carbonyl (C=O) groups is 1. The molecule has 172 valence electrons. The van der Waals surface area contributed by atoms with Gasteiger partial charge in [-0.3, -0.25) is 9.79 Å². The molecule has 1 N–H and O–H groups in total. The second-order valence-corrected chi connectivity index (χ2v) is 8.54. The fourth-order valence-electron chi connectivity index (χ4n) is 2.92. The van der Waals surface area contributed by atoms with Gasteiger partial charge in [-0.2, -0.15) is 0 Å². The van der Waals surface area contributed by atoms with Crippen molar-refractivity contribution in [3.8, 4) is 0 Å². The van der Waals surface area contributed by atoms with Gasteiger partial charge in [-0.25, -0.2) is 4.98 Å². The van der Waals surface area contributed by atoms with Crippen LogP contribution in [0.4, 0.5) is 11.5 Å². The van der Waals surface area contributed by atoms with Crippen LogP contribution >= 0.6 is 11.3 Å². The largest absolute Gasteiger partial charge is 0.378 e. The maximum Gasteiger partial charge on any atom is 0.160 e. The van der Waals surface area contributed by atoms with Crippen molar-refractivity contribution >= 4 is 45.7 Å². The van der Waals surface area contributed by atoms with Crippen molar-refractivity contribution in [1.29, 1.82) is 0 Å². The Hall–Kier alpha value is -2.97. The van der Waals surface area contributed by atoms with Crippen LogP contribution in [0.2, 0.25) is 0 Å². The van der Waals surface area contributed by atoms with E-state index in [0.29, 0.717) is 0 Å². The highest BCUT2D eigenvalue weighted by Gasteiger charge is 2.17. The lowest BCUT2D eigenvalue weighted by Crippen LogP contribution is -2.36. The predicted octanol–water partition coefficient (Wildman–Crippen LogP) is 4.28. The topological polar surface area (TPSA) is 70.1 Å². The summed E-state index contributed by atoms with van der Waals surface area (Å²) in [7, 11) is 5.75. The van der Waals surface area contributed by atoms with Crippen molar-refractivity contribution in [2.45, 2.75) is 13.8 Å². The van der Waals surface area contributed by atoms with Gasteiger partial charge in [0.1, 0.15) is 10.6 Å². The molecule has 3 heterocycles. The lowest BCUT2D eigenvalue weighted by atomic mass is 10.2. The molecule has 0 saturated carbocycles. The summed E-state index contributed by atoms with van der Waals surface area (Å²) in [6.07, 6.45) is 8.35. The molecule has 2 aromatic rings. The molecule has 1 saturated heterocycles. The number of carbonyl (C=O) groups excluding carboxylic acids is 1. The van der Waals surface area contributed by atoms with E-state index in [1.54, 1.807) is 13.4 Å². The number of nitrogens with zero attached hydrogens (tertiary/aromatic N) is 4. The summed E-state index contributed by atoms with van der Waals surface area (Å²) in [6, 6.07) is 4.01. The quantitative estimate of drug-likeness (QED) is 0.291. The van der Waals surface area contributed by atoms with Gasteiger partial charge in [0.2, 0.25) is 0 Å². The molecule has 1 aliphatic rings. The highest BCUT2D eigenvalue weighted by Crippen LogP contribution is 2.34. The maximum absolute atomic E-state index is 11.0. The summed E-state index contributed by atoms with van der Waals surface area (Å²) in [5.74, 6) is 0.962. The molecule has 0 unspecified atom stereocenters. The highest BCUT2D eigenvalue weighted by atomic mass is 32.1. The van der Waals surface area contributed by atoms with Crippen LogP contribution < -0.4 is 15.1 Å². The van der Waals surface area contributed by atoms with Gasteiger partial charge < -0.3 is 19.9 Å². The number of hydrogen-bond acceptors (Lipinski definition) is 7. The number of pyridine rings is 1. The Kier molecular flexibility index (Phi) is 10.1. The lowest BCUT2D eigenvalue weighted by Gasteiger charge is -2.28. The number of morpholine rings is 1. The first kappa shape index (κ1) is 25.3. The molecule has 3 rings (SSSR count). The van der Waals surface area contributed by atoms with Crippen LogP contribution in [0.25, 0.3) is 10.2 Å². The second kappa shape index (κ2) is 12.8. The number of thiophene rings is 1. The summed E-state index contributed by atoms with van der Waals surface area (Å²) < 4.78 is 5.38. The van der Waals surface area contributed by atoms with Crippen LogP contribution in [0.5, 0.6) is 0 Å². The number of ether oxygens (including phenoxy) is 1. The molecule has 2 aromatic heterocycles. The van der Waals surface area contributed by atoms with Crippen LogP contribution in [0.1, 0.15) is 23.5 Å². The first-order chi connectivity index (χ1) is 15.4. The van der Waals surface area contributed by atoms with Gasteiger partial charge >= 0.3 is 0 Å². The van der Waals surface area contributed by atoms with Crippen molar-refractivity contribution in [3.05, 3.63) is 53.1 Å². The summed E-state index contributed by atoms with van der Waals surface area (Å²) >= 11 is 1.44. The minimum atomic E-state index is 0.717. The zero-order valence-electron chi connectivity index (χ0n) is 19.6. The number of nitrogens with one attached hydrogen (secondary N) is 1. The number of hydrogen-bond donors (Lipinski definition) is 1. The normalized spacial score (nSPS) is 14.8. The van der Waals surface area contributed by atoms with Crippen molar-refractivity contribution < 1.29 is 9.53 Å². The second-order valence-electron chi connectivity index (χ2n) is 7.47. The molecular formula is C24H33N5O2S. The Labute approximate surface area is 194 Å². The molecule has 0 amide bonds. The number of rotatable bonds is 7. The smallest absolute Gasteiger partial charge is 0.160 e. The highest BCUT2D eigenvalue weighted by molar-refractivity contribution is 7.20. The van der Waals surface area contributed by atoms with E-state index >= 15 is 0 Å². The first-order valence-corrected chi connectivity index (χ1v) is 11.3. The predicted molar refractivity (Wildman–Crippen MR) is 138 cm³/mol. The molecule has 0 aromatic carbocycles. The van der Waals surface area contributed by atoms with E-state index in [-0.39, 0.29) is 0 Å². The average molecular weight is 456 g/mol. The Morgan fingerprint density at radius 2 is 2.00 bits per heavy atom. The van der Waals surface area contributed by atoms with Gasteiger partial charge in [0.25, 0.3) is 0 Å². The molecule has 1 aliphatic heterocycles. The van der Waals surface area contributed by atoms with Crippen LogP contribution in [-0.4, -0.2) is 65.1 Å². The van der Waals surface area contributed by atoms with E-state index in [4.69, 9.17) is 9.72 Å². The molecular weight excluding hydrogens is 422 g/mol. The zero-order chi connectivity index (χ0) is 23.5. The summed E-state index contributed by atoms with van der Waals surface area (Å²) in [5, 5.41) is 4.04. The Balaban J connectivity index is 0.000000262. The minimum absolute atomic E-state index is 0.717. The van der Waals surface area contributed by atoms with Gasteiger partial charge in [0, 0.05) is 51.4 Å². The Bertz CT molecular complexity index is 1000. The number of aliphatic imine (C=N–C) groups is 1. The zero-order valence-corrected chi connectivity index (χ0v) is 20.4. The number of fused-ring (bicyclic) bond motifs is 1. The first-order valence-electron chi connectivity index (χ1n) is 10.4. The molecule has 0 spiro atoms. The van der Waals surface area contributed by atoms with Gasteiger partial charge in [-0.15, -0.1) is 11.3 Å². The van der Waals surface area contributed by atoms with Gasteiger partial charge in [0.05, 0.1) is 30.1 Å². The van der Waals surface area contributed by atoms with Gasteiger partial charge in [-0.05, 0) is 26.0 Å². The maximum atomic E-state index is 11.0. The number of anilines is 2. The molecule has 0 atom stereocenters. The SMILES string of the molecule is C=C/C(C)=C\C=C(/C)NC=NC.CN(C)c1cc(N2CCOCC2)nc2sc(C=O)cc12. The van der Waals surface area contributed by atoms with Crippen molar-refractivity contribution in [2.24, 2.45) is 4.99 Å².